The first-order chi connectivity index (χ1) is 8.92. The highest BCUT2D eigenvalue weighted by Crippen LogP contribution is 2.20. The number of rotatable bonds is 6. The third-order valence-electron chi connectivity index (χ3n) is 3.82. The van der Waals surface area contributed by atoms with Gasteiger partial charge in [0.05, 0.1) is 0 Å². The normalized spacial score (nSPS) is 18.2. The van der Waals surface area contributed by atoms with Gasteiger partial charge in [0.15, 0.2) is 0 Å². The molecule has 1 aromatic heterocycles. The van der Waals surface area contributed by atoms with E-state index in [2.05, 4.69) is 22.8 Å². The second kappa shape index (κ2) is 5.70. The van der Waals surface area contributed by atoms with Crippen molar-refractivity contribution in [2.75, 3.05) is 18.4 Å². The Hall–Kier alpha value is -1.09. The molecule has 2 aliphatic rings. The topological polar surface area (TPSA) is 37.0 Å². The van der Waals surface area contributed by atoms with E-state index in [1.165, 1.54) is 56.3 Å². The Balaban J connectivity index is 1.43. The van der Waals surface area contributed by atoms with Gasteiger partial charge in [0.2, 0.25) is 0 Å². The van der Waals surface area contributed by atoms with E-state index < -0.39 is 0 Å². The third kappa shape index (κ3) is 3.22. The number of nitrogens with one attached hydrogen (secondary N) is 2. The van der Waals surface area contributed by atoms with Gasteiger partial charge in [-0.25, -0.2) is 4.98 Å². The lowest BCUT2D eigenvalue weighted by atomic mass is 10.1. The monoisotopic (exact) mass is 245 g/mol. The third-order valence-corrected chi connectivity index (χ3v) is 3.82. The Labute approximate surface area is 109 Å². The molecule has 18 heavy (non-hydrogen) atoms. The van der Waals surface area contributed by atoms with Crippen LogP contribution in [-0.4, -0.2) is 24.1 Å². The number of hydrogen-bond donors (Lipinski definition) is 2. The number of anilines is 1. The minimum absolute atomic E-state index is 0.844. The van der Waals surface area contributed by atoms with Gasteiger partial charge in [-0.2, -0.15) is 0 Å². The summed E-state index contributed by atoms with van der Waals surface area (Å²) in [6.07, 6.45) is 8.81. The summed E-state index contributed by atoms with van der Waals surface area (Å²) >= 11 is 0. The van der Waals surface area contributed by atoms with E-state index in [9.17, 15) is 0 Å². The smallest absolute Gasteiger partial charge is 0.129 e. The Kier molecular flexibility index (Phi) is 3.79. The molecule has 1 aliphatic heterocycles. The first-order valence-corrected chi connectivity index (χ1v) is 7.38. The van der Waals surface area contributed by atoms with Crippen molar-refractivity contribution in [3.05, 3.63) is 23.4 Å². The molecule has 1 saturated carbocycles. The largest absolute Gasteiger partial charge is 0.370 e. The summed E-state index contributed by atoms with van der Waals surface area (Å²) in [5, 5.41) is 6.96. The number of unbranched alkanes of at least 4 members (excludes halogenated alkanes) is 1. The Morgan fingerprint density at radius 1 is 1.28 bits per heavy atom. The van der Waals surface area contributed by atoms with Crippen molar-refractivity contribution in [2.24, 2.45) is 0 Å². The van der Waals surface area contributed by atoms with Crippen LogP contribution in [-0.2, 0) is 12.8 Å². The first kappa shape index (κ1) is 12.0. The molecule has 3 heteroatoms. The lowest BCUT2D eigenvalue weighted by Crippen LogP contribution is -2.17. The standard InChI is InChI=1S/C15H23N3/c1(2-10-16-13-8-9-13)5-14-7-6-12-4-3-11-17-15(12)18-14/h6-7,13,16H,1-5,8-11H2,(H,17,18). The molecule has 1 fully saturated rings. The van der Waals surface area contributed by atoms with Gasteiger partial charge in [0.1, 0.15) is 5.82 Å². The molecule has 3 nitrogen and oxygen atoms in total. The zero-order valence-electron chi connectivity index (χ0n) is 11.0. The van der Waals surface area contributed by atoms with E-state index in [4.69, 9.17) is 4.98 Å². The van der Waals surface area contributed by atoms with Crippen molar-refractivity contribution < 1.29 is 0 Å². The molecule has 0 bridgehead atoms. The SMILES string of the molecule is c1cc2c(nc1CCCCNC1CC1)NCCC2. The summed E-state index contributed by atoms with van der Waals surface area (Å²) in [6.45, 7) is 2.25. The number of aryl methyl sites for hydroxylation is 2. The fourth-order valence-electron chi connectivity index (χ4n) is 2.53. The van der Waals surface area contributed by atoms with Crippen molar-refractivity contribution in [1.82, 2.24) is 10.3 Å². The highest BCUT2D eigenvalue weighted by atomic mass is 15.0. The fraction of sp³-hybridized carbons (Fsp3) is 0.667. The lowest BCUT2D eigenvalue weighted by molar-refractivity contribution is 0.616. The lowest BCUT2D eigenvalue weighted by Gasteiger charge is -2.17. The Morgan fingerprint density at radius 3 is 3.11 bits per heavy atom. The van der Waals surface area contributed by atoms with Gasteiger partial charge < -0.3 is 10.6 Å². The summed E-state index contributed by atoms with van der Waals surface area (Å²) in [5.74, 6) is 1.13. The fourth-order valence-corrected chi connectivity index (χ4v) is 2.53. The average Bonchev–Trinajstić information content (AvgIpc) is 3.22. The van der Waals surface area contributed by atoms with Crippen LogP contribution < -0.4 is 10.6 Å². The molecule has 0 saturated heterocycles. The van der Waals surface area contributed by atoms with E-state index in [1.54, 1.807) is 0 Å². The molecule has 3 rings (SSSR count). The van der Waals surface area contributed by atoms with Crippen molar-refractivity contribution in [3.8, 4) is 0 Å². The van der Waals surface area contributed by atoms with Crippen LogP contribution in [0.1, 0.15) is 43.4 Å². The molecule has 1 aliphatic carbocycles. The highest BCUT2D eigenvalue weighted by molar-refractivity contribution is 5.46. The summed E-state index contributed by atoms with van der Waals surface area (Å²) in [6, 6.07) is 5.31. The van der Waals surface area contributed by atoms with Gasteiger partial charge in [0, 0.05) is 18.3 Å². The summed E-state index contributed by atoms with van der Waals surface area (Å²) in [5.41, 5.74) is 2.63. The molecule has 0 aromatic carbocycles. The van der Waals surface area contributed by atoms with Gasteiger partial charge in [-0.05, 0) is 63.1 Å². The molecular formula is C15H23N3. The molecule has 98 valence electrons. The predicted octanol–water partition coefficient (Wildman–Crippen LogP) is 2.51. The predicted molar refractivity (Wildman–Crippen MR) is 75.0 cm³/mol. The Morgan fingerprint density at radius 2 is 2.22 bits per heavy atom. The molecule has 0 unspecified atom stereocenters. The quantitative estimate of drug-likeness (QED) is 0.756. The van der Waals surface area contributed by atoms with Crippen LogP contribution in [0, 0.1) is 0 Å². The van der Waals surface area contributed by atoms with Gasteiger partial charge >= 0.3 is 0 Å². The van der Waals surface area contributed by atoms with Gasteiger partial charge in [-0.15, -0.1) is 0 Å². The number of aromatic nitrogens is 1. The van der Waals surface area contributed by atoms with E-state index in [0.29, 0.717) is 0 Å². The van der Waals surface area contributed by atoms with Crippen LogP contribution in [0.2, 0.25) is 0 Å². The molecular weight excluding hydrogens is 222 g/mol. The summed E-state index contributed by atoms with van der Waals surface area (Å²) < 4.78 is 0. The number of nitrogens with zero attached hydrogens (tertiary/aromatic N) is 1. The maximum atomic E-state index is 4.73. The van der Waals surface area contributed by atoms with E-state index in [0.717, 1.165) is 24.8 Å². The minimum Gasteiger partial charge on any atom is -0.370 e. The van der Waals surface area contributed by atoms with E-state index in [-0.39, 0.29) is 0 Å². The van der Waals surface area contributed by atoms with E-state index >= 15 is 0 Å². The molecule has 1 aromatic rings. The van der Waals surface area contributed by atoms with Gasteiger partial charge in [0.25, 0.3) is 0 Å². The molecule has 0 amide bonds. The highest BCUT2D eigenvalue weighted by Gasteiger charge is 2.19. The van der Waals surface area contributed by atoms with Crippen LogP contribution >= 0.6 is 0 Å². The average molecular weight is 245 g/mol. The van der Waals surface area contributed by atoms with Crippen LogP contribution in [0.4, 0.5) is 5.82 Å². The van der Waals surface area contributed by atoms with Crippen LogP contribution in [0.25, 0.3) is 0 Å². The van der Waals surface area contributed by atoms with Gasteiger partial charge in [-0.1, -0.05) is 6.07 Å². The second-order valence-electron chi connectivity index (χ2n) is 5.53. The summed E-state index contributed by atoms with van der Waals surface area (Å²) in [7, 11) is 0. The van der Waals surface area contributed by atoms with Crippen LogP contribution in [0.5, 0.6) is 0 Å². The number of hydrogen-bond acceptors (Lipinski definition) is 3. The molecule has 2 heterocycles. The number of pyridine rings is 1. The number of fused-ring (bicyclic) bond motifs is 1. The van der Waals surface area contributed by atoms with E-state index in [1.807, 2.05) is 0 Å². The first-order valence-electron chi connectivity index (χ1n) is 7.38. The Bertz CT molecular complexity index is 399. The van der Waals surface area contributed by atoms with Crippen molar-refractivity contribution in [3.63, 3.8) is 0 Å². The molecule has 0 radical (unpaired) electrons. The maximum Gasteiger partial charge on any atom is 0.129 e. The maximum absolute atomic E-state index is 4.73. The summed E-state index contributed by atoms with van der Waals surface area (Å²) in [4.78, 5) is 4.73. The zero-order valence-corrected chi connectivity index (χ0v) is 11.0. The molecule has 2 N–H and O–H groups in total. The molecule has 0 spiro atoms. The van der Waals surface area contributed by atoms with Crippen LogP contribution in [0.3, 0.4) is 0 Å². The van der Waals surface area contributed by atoms with Gasteiger partial charge in [-0.3, -0.25) is 0 Å². The van der Waals surface area contributed by atoms with Crippen LogP contribution in [0.15, 0.2) is 12.1 Å². The second-order valence-corrected chi connectivity index (χ2v) is 5.53. The van der Waals surface area contributed by atoms with Crippen molar-refractivity contribution >= 4 is 5.82 Å². The molecule has 0 atom stereocenters. The minimum atomic E-state index is 0.844. The zero-order chi connectivity index (χ0) is 12.2. The van der Waals surface area contributed by atoms with Crippen molar-refractivity contribution in [1.29, 1.82) is 0 Å². The van der Waals surface area contributed by atoms with Crippen molar-refractivity contribution in [2.45, 2.75) is 51.0 Å².